The number of aliphatic imine (C=N–C) groups is 1. The molecule has 4 nitrogen and oxygen atoms in total. The minimum Gasteiger partial charge on any atom is -0.366 e. The van der Waals surface area contributed by atoms with Gasteiger partial charge < -0.3 is 9.80 Å². The minimum absolute atomic E-state index is 0.0169. The Hall–Kier alpha value is -1.84. The third-order valence-electron chi connectivity index (χ3n) is 3.29. The van der Waals surface area contributed by atoms with Crippen LogP contribution in [0.25, 0.3) is 0 Å². The van der Waals surface area contributed by atoms with Crippen molar-refractivity contribution in [3.8, 4) is 0 Å². The van der Waals surface area contributed by atoms with E-state index in [2.05, 4.69) is 26.8 Å². The van der Waals surface area contributed by atoms with E-state index in [9.17, 15) is 4.79 Å². The highest BCUT2D eigenvalue weighted by Gasteiger charge is 2.18. The summed E-state index contributed by atoms with van der Waals surface area (Å²) in [6.45, 7) is 6.50. The number of carbonyl (C=O) groups is 1. The van der Waals surface area contributed by atoms with Gasteiger partial charge in [0.2, 0.25) is 5.91 Å². The molecule has 21 heavy (non-hydrogen) atoms. The second-order valence-corrected chi connectivity index (χ2v) is 6.65. The Morgan fingerprint density at radius 3 is 2.10 bits per heavy atom. The average molecular weight is 289 g/mol. The van der Waals surface area contributed by atoms with Gasteiger partial charge in [0.1, 0.15) is 5.84 Å². The van der Waals surface area contributed by atoms with E-state index in [4.69, 9.17) is 4.99 Å². The Labute approximate surface area is 128 Å². The van der Waals surface area contributed by atoms with Gasteiger partial charge in [0.15, 0.2) is 0 Å². The largest absolute Gasteiger partial charge is 0.366 e. The maximum Gasteiger partial charge on any atom is 0.229 e. The second kappa shape index (κ2) is 6.74. The van der Waals surface area contributed by atoms with Crippen LogP contribution >= 0.6 is 0 Å². The molecule has 0 saturated heterocycles. The molecular formula is C17H27N3O. The van der Waals surface area contributed by atoms with Gasteiger partial charge in [-0.05, 0) is 17.0 Å². The van der Waals surface area contributed by atoms with Crippen LogP contribution in [-0.2, 0) is 10.2 Å². The first-order valence-corrected chi connectivity index (χ1v) is 7.17. The Balaban J connectivity index is 3.21. The lowest BCUT2D eigenvalue weighted by molar-refractivity contribution is -0.127. The summed E-state index contributed by atoms with van der Waals surface area (Å²) in [6.07, 6.45) is 0.304. The van der Waals surface area contributed by atoms with Crippen LogP contribution < -0.4 is 0 Å². The molecule has 0 aliphatic heterocycles. The van der Waals surface area contributed by atoms with Crippen molar-refractivity contribution < 1.29 is 4.79 Å². The third-order valence-corrected chi connectivity index (χ3v) is 3.29. The van der Waals surface area contributed by atoms with Crippen molar-refractivity contribution >= 4 is 17.4 Å². The first kappa shape index (κ1) is 17.2. The fourth-order valence-corrected chi connectivity index (χ4v) is 1.94. The number of nitrogens with zero attached hydrogens (tertiary/aromatic N) is 3. The summed E-state index contributed by atoms with van der Waals surface area (Å²) >= 11 is 0. The maximum absolute atomic E-state index is 11.9. The molecular weight excluding hydrogens is 262 g/mol. The van der Waals surface area contributed by atoms with Crippen LogP contribution in [0.5, 0.6) is 0 Å². The molecule has 1 rings (SSSR count). The zero-order valence-electron chi connectivity index (χ0n) is 14.3. The van der Waals surface area contributed by atoms with Gasteiger partial charge >= 0.3 is 0 Å². The summed E-state index contributed by atoms with van der Waals surface area (Å²) in [4.78, 5) is 20.2. The van der Waals surface area contributed by atoms with Crippen LogP contribution in [0.1, 0.15) is 32.8 Å². The molecule has 1 aromatic rings. The van der Waals surface area contributed by atoms with E-state index in [0.29, 0.717) is 6.42 Å². The number of para-hydroxylation sites is 1. The van der Waals surface area contributed by atoms with Gasteiger partial charge in [0.25, 0.3) is 0 Å². The van der Waals surface area contributed by atoms with Crippen molar-refractivity contribution in [2.24, 2.45) is 4.99 Å². The molecule has 0 fully saturated rings. The molecule has 0 aliphatic carbocycles. The molecule has 0 unspecified atom stereocenters. The van der Waals surface area contributed by atoms with Gasteiger partial charge in [0.05, 0.1) is 12.1 Å². The molecule has 1 aromatic carbocycles. The quantitative estimate of drug-likeness (QED) is 0.633. The van der Waals surface area contributed by atoms with E-state index in [1.54, 1.807) is 19.0 Å². The Kier molecular flexibility index (Phi) is 5.53. The highest BCUT2D eigenvalue weighted by Crippen LogP contribution is 2.31. The Morgan fingerprint density at radius 2 is 1.62 bits per heavy atom. The van der Waals surface area contributed by atoms with Crippen molar-refractivity contribution in [1.29, 1.82) is 0 Å². The fraction of sp³-hybridized carbons (Fsp3) is 0.529. The number of amides is 1. The van der Waals surface area contributed by atoms with Crippen LogP contribution in [0.2, 0.25) is 0 Å². The summed E-state index contributed by atoms with van der Waals surface area (Å²) < 4.78 is 0. The highest BCUT2D eigenvalue weighted by molar-refractivity contribution is 6.00. The van der Waals surface area contributed by atoms with Crippen LogP contribution in [0.3, 0.4) is 0 Å². The molecule has 0 N–H and O–H groups in total. The van der Waals surface area contributed by atoms with Crippen molar-refractivity contribution in [1.82, 2.24) is 9.80 Å². The van der Waals surface area contributed by atoms with E-state index in [-0.39, 0.29) is 11.3 Å². The minimum atomic E-state index is 0.0169. The summed E-state index contributed by atoms with van der Waals surface area (Å²) in [6, 6.07) is 8.11. The molecule has 0 aliphatic rings. The van der Waals surface area contributed by atoms with Gasteiger partial charge in [0, 0.05) is 28.2 Å². The van der Waals surface area contributed by atoms with E-state index in [1.165, 1.54) is 5.56 Å². The summed E-state index contributed by atoms with van der Waals surface area (Å²) in [7, 11) is 7.36. The predicted octanol–water partition coefficient (Wildman–Crippen LogP) is 3.05. The van der Waals surface area contributed by atoms with E-state index in [1.807, 2.05) is 37.2 Å². The molecule has 0 aromatic heterocycles. The molecule has 0 saturated carbocycles. The molecule has 0 bridgehead atoms. The Morgan fingerprint density at radius 1 is 1.05 bits per heavy atom. The topological polar surface area (TPSA) is 35.9 Å². The van der Waals surface area contributed by atoms with E-state index in [0.717, 1.165) is 11.5 Å². The van der Waals surface area contributed by atoms with Crippen molar-refractivity contribution in [2.45, 2.75) is 32.6 Å². The molecule has 0 spiro atoms. The molecule has 0 heterocycles. The fourth-order valence-electron chi connectivity index (χ4n) is 1.94. The number of hydrogen-bond donors (Lipinski definition) is 0. The number of benzene rings is 1. The van der Waals surface area contributed by atoms with Gasteiger partial charge in [-0.2, -0.15) is 0 Å². The van der Waals surface area contributed by atoms with Crippen LogP contribution in [0.4, 0.5) is 5.69 Å². The number of amidine groups is 1. The molecule has 0 atom stereocenters. The van der Waals surface area contributed by atoms with Crippen molar-refractivity contribution in [2.75, 3.05) is 28.2 Å². The monoisotopic (exact) mass is 289 g/mol. The second-order valence-electron chi connectivity index (χ2n) is 6.65. The number of rotatable bonds is 3. The average Bonchev–Trinajstić information content (AvgIpc) is 2.36. The molecule has 4 heteroatoms. The number of hydrogen-bond acceptors (Lipinski definition) is 2. The third kappa shape index (κ3) is 4.88. The van der Waals surface area contributed by atoms with Crippen molar-refractivity contribution in [3.05, 3.63) is 29.8 Å². The van der Waals surface area contributed by atoms with Gasteiger partial charge in [-0.3, -0.25) is 4.79 Å². The zero-order valence-corrected chi connectivity index (χ0v) is 14.3. The normalized spacial score (nSPS) is 12.2. The maximum atomic E-state index is 11.9. The van der Waals surface area contributed by atoms with Crippen molar-refractivity contribution in [3.63, 3.8) is 0 Å². The summed E-state index contributed by atoms with van der Waals surface area (Å²) in [5.41, 5.74) is 2.13. The molecule has 0 radical (unpaired) electrons. The highest BCUT2D eigenvalue weighted by atomic mass is 16.2. The Bertz CT molecular complexity index is 525. The van der Waals surface area contributed by atoms with Gasteiger partial charge in [-0.1, -0.05) is 39.0 Å². The smallest absolute Gasteiger partial charge is 0.229 e. The van der Waals surface area contributed by atoms with Gasteiger partial charge in [-0.25, -0.2) is 4.99 Å². The lowest BCUT2D eigenvalue weighted by Gasteiger charge is -2.23. The SMILES string of the molecule is CN(C)C(=O)CC(=Nc1ccccc1C(C)(C)C)N(C)C. The first-order chi connectivity index (χ1) is 9.62. The summed E-state index contributed by atoms with van der Waals surface area (Å²) in [5, 5.41) is 0. The standard InChI is InChI=1S/C17H27N3O/c1-17(2,3)13-10-8-9-11-14(13)18-15(19(4)5)12-16(21)20(6)7/h8-11H,12H2,1-7H3. The lowest BCUT2D eigenvalue weighted by Crippen LogP contribution is -2.30. The van der Waals surface area contributed by atoms with E-state index < -0.39 is 0 Å². The predicted molar refractivity (Wildman–Crippen MR) is 89.2 cm³/mol. The van der Waals surface area contributed by atoms with Gasteiger partial charge in [-0.15, -0.1) is 0 Å². The first-order valence-electron chi connectivity index (χ1n) is 7.17. The van der Waals surface area contributed by atoms with Crippen LogP contribution in [0.15, 0.2) is 29.3 Å². The van der Waals surface area contributed by atoms with E-state index >= 15 is 0 Å². The summed E-state index contributed by atoms with van der Waals surface area (Å²) in [5.74, 6) is 0.820. The molecule has 116 valence electrons. The molecule has 1 amide bonds. The van der Waals surface area contributed by atoms with Crippen LogP contribution in [-0.4, -0.2) is 49.7 Å². The lowest BCUT2D eigenvalue weighted by atomic mass is 9.86. The zero-order chi connectivity index (χ0) is 16.2. The number of carbonyl (C=O) groups excluding carboxylic acids is 1. The van der Waals surface area contributed by atoms with Crippen LogP contribution in [0, 0.1) is 0 Å².